The van der Waals surface area contributed by atoms with Gasteiger partial charge >= 0.3 is 0 Å². The second kappa shape index (κ2) is 11.2. The van der Waals surface area contributed by atoms with Crippen molar-refractivity contribution >= 4 is 23.2 Å². The maximum atomic E-state index is 12.7. The fourth-order valence-electron chi connectivity index (χ4n) is 3.67. The van der Waals surface area contributed by atoms with Crippen molar-refractivity contribution in [1.82, 2.24) is 20.0 Å². The summed E-state index contributed by atoms with van der Waals surface area (Å²) in [7, 11) is 0. The average Bonchev–Trinajstić information content (AvgIpc) is 3.25. The minimum absolute atomic E-state index is 0.0240. The van der Waals surface area contributed by atoms with Gasteiger partial charge in [0.25, 0.3) is 0 Å². The van der Waals surface area contributed by atoms with E-state index in [1.165, 1.54) is 11.1 Å². The molecule has 30 heavy (non-hydrogen) atoms. The molecule has 1 aliphatic rings. The SMILES string of the molecule is CCN(CC(=O)NCc1cccs1)C(=O)CN1CCN(Cc2cccc(C)c2)CC1. The Morgan fingerprint density at radius 2 is 1.87 bits per heavy atom. The van der Waals surface area contributed by atoms with E-state index in [1.807, 2.05) is 24.4 Å². The first-order valence-corrected chi connectivity index (χ1v) is 11.5. The lowest BCUT2D eigenvalue weighted by molar-refractivity contribution is -0.137. The molecule has 6 nitrogen and oxygen atoms in total. The number of aryl methyl sites for hydroxylation is 1. The average molecular weight is 429 g/mol. The fourth-order valence-corrected chi connectivity index (χ4v) is 4.31. The van der Waals surface area contributed by atoms with Crippen LogP contribution in [0.4, 0.5) is 0 Å². The summed E-state index contributed by atoms with van der Waals surface area (Å²) in [4.78, 5) is 32.3. The van der Waals surface area contributed by atoms with E-state index in [1.54, 1.807) is 16.2 Å². The maximum Gasteiger partial charge on any atom is 0.239 e. The van der Waals surface area contributed by atoms with Gasteiger partial charge in [0.2, 0.25) is 11.8 Å². The van der Waals surface area contributed by atoms with E-state index in [-0.39, 0.29) is 18.4 Å². The highest BCUT2D eigenvalue weighted by Crippen LogP contribution is 2.11. The number of piperazine rings is 1. The molecule has 7 heteroatoms. The van der Waals surface area contributed by atoms with Crippen LogP contribution >= 0.6 is 11.3 Å². The lowest BCUT2D eigenvalue weighted by Crippen LogP contribution is -2.50. The number of likely N-dealkylation sites (N-methyl/N-ethyl adjacent to an activating group) is 1. The van der Waals surface area contributed by atoms with Gasteiger partial charge in [-0.2, -0.15) is 0 Å². The molecule has 0 radical (unpaired) electrons. The number of nitrogens with zero attached hydrogens (tertiary/aromatic N) is 3. The van der Waals surface area contributed by atoms with Crippen molar-refractivity contribution in [1.29, 1.82) is 0 Å². The van der Waals surface area contributed by atoms with Gasteiger partial charge in [-0.05, 0) is 30.9 Å². The second-order valence-corrected chi connectivity index (χ2v) is 8.84. The Labute approximate surface area is 183 Å². The lowest BCUT2D eigenvalue weighted by atomic mass is 10.1. The first-order valence-electron chi connectivity index (χ1n) is 10.6. The van der Waals surface area contributed by atoms with E-state index in [0.717, 1.165) is 37.6 Å². The van der Waals surface area contributed by atoms with Crippen molar-refractivity contribution in [2.75, 3.05) is 45.8 Å². The minimum atomic E-state index is -0.110. The third kappa shape index (κ3) is 6.93. The Hall–Kier alpha value is -2.22. The number of benzene rings is 1. The normalized spacial score (nSPS) is 15.1. The molecule has 0 aliphatic carbocycles. The van der Waals surface area contributed by atoms with Crippen LogP contribution in [0.3, 0.4) is 0 Å². The van der Waals surface area contributed by atoms with E-state index in [0.29, 0.717) is 19.6 Å². The molecule has 0 spiro atoms. The van der Waals surface area contributed by atoms with Gasteiger partial charge in [0, 0.05) is 44.1 Å². The van der Waals surface area contributed by atoms with E-state index in [4.69, 9.17) is 0 Å². The van der Waals surface area contributed by atoms with Crippen molar-refractivity contribution in [2.45, 2.75) is 26.9 Å². The van der Waals surface area contributed by atoms with Gasteiger partial charge < -0.3 is 10.2 Å². The quantitative estimate of drug-likeness (QED) is 0.666. The summed E-state index contributed by atoms with van der Waals surface area (Å²) in [5, 5.41) is 4.89. The summed E-state index contributed by atoms with van der Waals surface area (Å²) in [6.45, 7) is 10.2. The van der Waals surface area contributed by atoms with Gasteiger partial charge in [-0.1, -0.05) is 35.9 Å². The highest BCUT2D eigenvalue weighted by atomic mass is 32.1. The number of thiophene rings is 1. The summed E-state index contributed by atoms with van der Waals surface area (Å²) in [6, 6.07) is 12.6. The molecular weight excluding hydrogens is 396 g/mol. The molecule has 162 valence electrons. The highest BCUT2D eigenvalue weighted by Gasteiger charge is 2.22. The van der Waals surface area contributed by atoms with Gasteiger partial charge in [0.05, 0.1) is 19.6 Å². The Balaban J connectivity index is 1.39. The lowest BCUT2D eigenvalue weighted by Gasteiger charge is -2.35. The van der Waals surface area contributed by atoms with Crippen molar-refractivity contribution in [3.8, 4) is 0 Å². The topological polar surface area (TPSA) is 55.9 Å². The van der Waals surface area contributed by atoms with Crippen LogP contribution in [0.15, 0.2) is 41.8 Å². The summed E-state index contributed by atoms with van der Waals surface area (Å²) >= 11 is 1.61. The van der Waals surface area contributed by atoms with Crippen LogP contribution in [0.5, 0.6) is 0 Å². The van der Waals surface area contributed by atoms with Crippen LogP contribution in [0.2, 0.25) is 0 Å². The number of nitrogens with one attached hydrogen (secondary N) is 1. The number of hydrogen-bond acceptors (Lipinski definition) is 5. The van der Waals surface area contributed by atoms with Crippen molar-refractivity contribution in [3.05, 3.63) is 57.8 Å². The van der Waals surface area contributed by atoms with E-state index in [2.05, 4.69) is 46.3 Å². The summed E-state index contributed by atoms with van der Waals surface area (Å²) in [6.07, 6.45) is 0. The molecule has 1 aromatic heterocycles. The molecule has 0 saturated carbocycles. The highest BCUT2D eigenvalue weighted by molar-refractivity contribution is 7.09. The summed E-state index contributed by atoms with van der Waals surface area (Å²) in [5.41, 5.74) is 2.63. The smallest absolute Gasteiger partial charge is 0.239 e. The zero-order valence-corrected chi connectivity index (χ0v) is 18.8. The monoisotopic (exact) mass is 428 g/mol. The molecule has 3 rings (SSSR count). The summed E-state index contributed by atoms with van der Waals surface area (Å²) < 4.78 is 0. The minimum Gasteiger partial charge on any atom is -0.350 e. The standard InChI is InChI=1S/C23H32N4O2S/c1-3-27(17-22(28)24-15-21-8-5-13-30-21)23(29)18-26-11-9-25(10-12-26)16-20-7-4-6-19(2)14-20/h4-8,13-14H,3,9-12,15-18H2,1-2H3,(H,24,28). The number of carbonyl (C=O) groups is 2. The Bertz CT molecular complexity index is 816. The maximum absolute atomic E-state index is 12.7. The molecule has 0 bridgehead atoms. The first kappa shape index (κ1) is 22.5. The van der Waals surface area contributed by atoms with Gasteiger partial charge in [-0.25, -0.2) is 0 Å². The number of rotatable bonds is 9. The zero-order chi connectivity index (χ0) is 21.3. The molecule has 2 aromatic rings. The second-order valence-electron chi connectivity index (χ2n) is 7.81. The van der Waals surface area contributed by atoms with Gasteiger partial charge in [0.15, 0.2) is 0 Å². The van der Waals surface area contributed by atoms with Crippen molar-refractivity contribution < 1.29 is 9.59 Å². The molecule has 1 saturated heterocycles. The molecular formula is C23H32N4O2S. The van der Waals surface area contributed by atoms with Gasteiger partial charge in [0.1, 0.15) is 0 Å². The first-order chi connectivity index (χ1) is 14.5. The number of amides is 2. The predicted octanol–water partition coefficient (Wildman–Crippen LogP) is 2.34. The van der Waals surface area contributed by atoms with Crippen LogP contribution in [0.1, 0.15) is 22.9 Å². The Morgan fingerprint density at radius 3 is 2.53 bits per heavy atom. The van der Waals surface area contributed by atoms with E-state index < -0.39 is 0 Å². The molecule has 2 heterocycles. The van der Waals surface area contributed by atoms with Crippen LogP contribution in [-0.4, -0.2) is 72.3 Å². The molecule has 2 amide bonds. The third-order valence-corrected chi connectivity index (χ3v) is 6.30. The molecule has 0 unspecified atom stereocenters. The van der Waals surface area contributed by atoms with E-state index >= 15 is 0 Å². The Morgan fingerprint density at radius 1 is 1.10 bits per heavy atom. The molecule has 1 fully saturated rings. The van der Waals surface area contributed by atoms with E-state index in [9.17, 15) is 9.59 Å². The number of carbonyl (C=O) groups excluding carboxylic acids is 2. The van der Waals surface area contributed by atoms with Gasteiger partial charge in [-0.15, -0.1) is 11.3 Å². The van der Waals surface area contributed by atoms with Gasteiger partial charge in [-0.3, -0.25) is 19.4 Å². The molecule has 1 aromatic carbocycles. The molecule has 0 atom stereocenters. The zero-order valence-electron chi connectivity index (χ0n) is 18.0. The van der Waals surface area contributed by atoms with Crippen molar-refractivity contribution in [3.63, 3.8) is 0 Å². The van der Waals surface area contributed by atoms with Crippen LogP contribution in [0, 0.1) is 6.92 Å². The fraction of sp³-hybridized carbons (Fsp3) is 0.478. The van der Waals surface area contributed by atoms with Crippen LogP contribution in [0.25, 0.3) is 0 Å². The van der Waals surface area contributed by atoms with Crippen molar-refractivity contribution in [2.24, 2.45) is 0 Å². The largest absolute Gasteiger partial charge is 0.350 e. The summed E-state index contributed by atoms with van der Waals surface area (Å²) in [5.74, 6) is -0.0857. The molecule has 1 aliphatic heterocycles. The number of hydrogen-bond donors (Lipinski definition) is 1. The van der Waals surface area contributed by atoms with Crippen LogP contribution < -0.4 is 5.32 Å². The molecule has 1 N–H and O–H groups in total. The predicted molar refractivity (Wildman–Crippen MR) is 121 cm³/mol. The van der Waals surface area contributed by atoms with Crippen LogP contribution in [-0.2, 0) is 22.7 Å². The third-order valence-electron chi connectivity index (χ3n) is 5.42. The Kier molecular flexibility index (Phi) is 8.42.